The first-order chi connectivity index (χ1) is 10.1. The Hall–Kier alpha value is -1.95. The zero-order valence-electron chi connectivity index (χ0n) is 12.0. The van der Waals surface area contributed by atoms with Crippen LogP contribution in [0.15, 0.2) is 29.4 Å². The van der Waals surface area contributed by atoms with Gasteiger partial charge < -0.3 is 4.79 Å². The fourth-order valence-corrected chi connectivity index (χ4v) is 3.10. The summed E-state index contributed by atoms with van der Waals surface area (Å²) in [4.78, 5) is 20.2. The second-order valence-electron chi connectivity index (χ2n) is 4.96. The Morgan fingerprint density at radius 1 is 1.29 bits per heavy atom. The van der Waals surface area contributed by atoms with E-state index in [1.807, 2.05) is 31.2 Å². The fraction of sp³-hybridized carbons (Fsp3) is 0.333. The highest BCUT2D eigenvalue weighted by atomic mass is 32.2. The van der Waals surface area contributed by atoms with Gasteiger partial charge in [-0.1, -0.05) is 23.9 Å². The average molecular weight is 300 g/mol. The van der Waals surface area contributed by atoms with E-state index in [9.17, 15) is 4.79 Å². The number of ketones is 1. The third-order valence-corrected chi connectivity index (χ3v) is 4.17. The van der Waals surface area contributed by atoms with Crippen LogP contribution in [0.5, 0.6) is 0 Å². The topological polar surface area (TPSA) is 60.2 Å². The molecule has 3 aromatic rings. The molecule has 1 aromatic carbocycles. The Labute approximate surface area is 126 Å². The van der Waals surface area contributed by atoms with E-state index in [1.165, 1.54) is 0 Å². The van der Waals surface area contributed by atoms with E-state index in [4.69, 9.17) is 0 Å². The minimum absolute atomic E-state index is 0.226. The summed E-state index contributed by atoms with van der Waals surface area (Å²) >= 11 is 1.62. The van der Waals surface area contributed by atoms with Gasteiger partial charge in [0.15, 0.2) is 10.8 Å². The molecule has 5 nitrogen and oxygen atoms in total. The number of para-hydroxylation sites is 1. The molecular weight excluding hydrogens is 284 g/mol. The number of rotatable bonds is 5. The molecule has 21 heavy (non-hydrogen) atoms. The van der Waals surface area contributed by atoms with E-state index in [0.717, 1.165) is 39.7 Å². The summed E-state index contributed by atoms with van der Waals surface area (Å²) in [7, 11) is 0. The summed E-state index contributed by atoms with van der Waals surface area (Å²) in [6, 6.07) is 7.95. The lowest BCUT2D eigenvalue weighted by Gasteiger charge is -2.05. The van der Waals surface area contributed by atoms with Crippen molar-refractivity contribution in [2.45, 2.75) is 31.8 Å². The molecule has 0 atom stereocenters. The van der Waals surface area contributed by atoms with Crippen molar-refractivity contribution in [3.63, 3.8) is 0 Å². The van der Waals surface area contributed by atoms with Crippen LogP contribution in [0.25, 0.3) is 16.6 Å². The van der Waals surface area contributed by atoms with Crippen LogP contribution < -0.4 is 0 Å². The van der Waals surface area contributed by atoms with Crippen molar-refractivity contribution in [3.8, 4) is 0 Å². The van der Waals surface area contributed by atoms with Crippen molar-refractivity contribution in [1.29, 1.82) is 0 Å². The summed E-state index contributed by atoms with van der Waals surface area (Å²) in [6.07, 6.45) is 1.46. The molecule has 0 aliphatic heterocycles. The van der Waals surface area contributed by atoms with Gasteiger partial charge in [0.05, 0.1) is 5.52 Å². The first kappa shape index (κ1) is 14.0. The van der Waals surface area contributed by atoms with Crippen molar-refractivity contribution in [2.75, 3.05) is 5.75 Å². The second kappa shape index (κ2) is 5.81. The van der Waals surface area contributed by atoms with Gasteiger partial charge in [-0.2, -0.15) is 4.52 Å². The normalized spacial score (nSPS) is 11.3. The number of hydrogen-bond donors (Lipinski definition) is 0. The third kappa shape index (κ3) is 2.90. The van der Waals surface area contributed by atoms with Gasteiger partial charge >= 0.3 is 0 Å². The monoisotopic (exact) mass is 300 g/mol. The summed E-state index contributed by atoms with van der Waals surface area (Å²) in [5.74, 6) is 1.81. The van der Waals surface area contributed by atoms with Crippen LogP contribution in [-0.2, 0) is 4.79 Å². The van der Waals surface area contributed by atoms with Crippen LogP contribution >= 0.6 is 11.8 Å². The number of fused-ring (bicyclic) bond motifs is 3. The van der Waals surface area contributed by atoms with E-state index >= 15 is 0 Å². The van der Waals surface area contributed by atoms with Crippen LogP contribution in [0.2, 0.25) is 0 Å². The lowest BCUT2D eigenvalue weighted by atomic mass is 10.2. The van der Waals surface area contributed by atoms with Gasteiger partial charge in [0, 0.05) is 17.6 Å². The molecule has 6 heteroatoms. The van der Waals surface area contributed by atoms with Crippen LogP contribution in [0.1, 0.15) is 25.6 Å². The smallest absolute Gasteiger partial charge is 0.191 e. The molecule has 0 saturated carbocycles. The van der Waals surface area contributed by atoms with Crippen LogP contribution in [0, 0.1) is 6.92 Å². The minimum atomic E-state index is 0.226. The van der Waals surface area contributed by atoms with Gasteiger partial charge in [0.2, 0.25) is 0 Å². The molecule has 0 saturated heterocycles. The zero-order valence-corrected chi connectivity index (χ0v) is 12.9. The lowest BCUT2D eigenvalue weighted by Crippen LogP contribution is -1.99. The molecule has 108 valence electrons. The fourth-order valence-electron chi connectivity index (χ4n) is 2.21. The Morgan fingerprint density at radius 3 is 2.90 bits per heavy atom. The molecule has 2 heterocycles. The van der Waals surface area contributed by atoms with Gasteiger partial charge in [0.1, 0.15) is 11.6 Å². The van der Waals surface area contributed by atoms with Crippen molar-refractivity contribution in [1.82, 2.24) is 19.6 Å². The second-order valence-corrected chi connectivity index (χ2v) is 6.02. The first-order valence-electron chi connectivity index (χ1n) is 6.89. The summed E-state index contributed by atoms with van der Waals surface area (Å²) < 4.78 is 1.80. The summed E-state index contributed by atoms with van der Waals surface area (Å²) in [5.41, 5.74) is 1.76. The zero-order chi connectivity index (χ0) is 14.8. The van der Waals surface area contributed by atoms with Crippen molar-refractivity contribution in [3.05, 3.63) is 30.1 Å². The molecule has 0 fully saturated rings. The predicted molar refractivity (Wildman–Crippen MR) is 83.7 cm³/mol. The van der Waals surface area contributed by atoms with Gasteiger partial charge in [0.25, 0.3) is 0 Å². The highest BCUT2D eigenvalue weighted by molar-refractivity contribution is 7.99. The van der Waals surface area contributed by atoms with Gasteiger partial charge in [-0.15, -0.1) is 5.10 Å². The molecule has 0 N–H and O–H groups in total. The highest BCUT2D eigenvalue weighted by Gasteiger charge is 2.11. The van der Waals surface area contributed by atoms with Crippen molar-refractivity contribution >= 4 is 34.1 Å². The van der Waals surface area contributed by atoms with Crippen molar-refractivity contribution < 1.29 is 4.79 Å². The highest BCUT2D eigenvalue weighted by Crippen LogP contribution is 2.24. The average Bonchev–Trinajstić information content (AvgIpc) is 2.85. The maximum Gasteiger partial charge on any atom is 0.191 e. The molecule has 0 amide bonds. The minimum Gasteiger partial charge on any atom is -0.300 e. The number of carbonyl (C=O) groups excluding carboxylic acids is 1. The Morgan fingerprint density at radius 2 is 2.10 bits per heavy atom. The van der Waals surface area contributed by atoms with Gasteiger partial charge in [-0.05, 0) is 32.4 Å². The number of thioether (sulfide) groups is 1. The van der Waals surface area contributed by atoms with Crippen LogP contribution in [-0.4, -0.2) is 31.1 Å². The first-order valence-corrected chi connectivity index (χ1v) is 7.88. The number of hydrogen-bond acceptors (Lipinski definition) is 5. The number of Topliss-reactive ketones (excluding diaryl/α,β-unsaturated/α-hetero) is 1. The van der Waals surface area contributed by atoms with E-state index in [2.05, 4.69) is 15.1 Å². The van der Waals surface area contributed by atoms with Crippen molar-refractivity contribution in [2.24, 2.45) is 0 Å². The number of aromatic nitrogens is 4. The summed E-state index contributed by atoms with van der Waals surface area (Å²) in [6.45, 7) is 3.50. The maximum atomic E-state index is 11.0. The van der Waals surface area contributed by atoms with E-state index in [1.54, 1.807) is 23.2 Å². The molecule has 3 rings (SSSR count). The van der Waals surface area contributed by atoms with Crippen LogP contribution in [0.4, 0.5) is 0 Å². The largest absolute Gasteiger partial charge is 0.300 e. The quantitative estimate of drug-likeness (QED) is 0.412. The molecule has 0 aliphatic rings. The van der Waals surface area contributed by atoms with Crippen LogP contribution in [0.3, 0.4) is 0 Å². The number of benzene rings is 1. The Balaban J connectivity index is 1.97. The Bertz CT molecular complexity index is 812. The molecule has 2 aromatic heterocycles. The summed E-state index contributed by atoms with van der Waals surface area (Å²) in [5, 5.41) is 6.26. The van der Waals surface area contributed by atoms with Gasteiger partial charge in [-0.3, -0.25) is 0 Å². The molecule has 0 spiro atoms. The van der Waals surface area contributed by atoms with E-state index in [0.29, 0.717) is 6.42 Å². The number of carbonyl (C=O) groups is 1. The SMILES string of the molecule is CC(=O)CCCSc1nc2ccccc2c2nc(C)nn12. The molecule has 0 unspecified atom stereocenters. The number of aryl methyl sites for hydroxylation is 1. The van der Waals surface area contributed by atoms with Gasteiger partial charge in [-0.25, -0.2) is 9.97 Å². The molecule has 0 radical (unpaired) electrons. The molecule has 0 aliphatic carbocycles. The molecule has 0 bridgehead atoms. The number of nitrogens with zero attached hydrogens (tertiary/aromatic N) is 4. The van der Waals surface area contributed by atoms with E-state index < -0.39 is 0 Å². The lowest BCUT2D eigenvalue weighted by molar-refractivity contribution is -0.117. The third-order valence-electron chi connectivity index (χ3n) is 3.16. The predicted octanol–water partition coefficient (Wildman–Crippen LogP) is 3.05. The maximum absolute atomic E-state index is 11.0. The molecular formula is C15H16N4OS. The van der Waals surface area contributed by atoms with E-state index in [-0.39, 0.29) is 5.78 Å². The standard InChI is InChI=1S/C15H16N4OS/c1-10(20)6-5-9-21-15-17-13-8-4-3-7-12(13)14-16-11(2)18-19(14)15/h3-4,7-8H,5-6,9H2,1-2H3. The Kier molecular flexibility index (Phi) is 3.88.